The Kier molecular flexibility index (Phi) is 8.82. The second kappa shape index (κ2) is 8.91. The molecule has 1 aliphatic rings. The highest BCUT2D eigenvalue weighted by atomic mass is 127. The van der Waals surface area contributed by atoms with Crippen LogP contribution in [-0.2, 0) is 0 Å². The number of hydrogen-bond acceptors (Lipinski definition) is 2. The quantitative estimate of drug-likeness (QED) is 0.282. The van der Waals surface area contributed by atoms with Crippen LogP contribution in [0.2, 0.25) is 0 Å². The number of alkyl halides is 3. The van der Waals surface area contributed by atoms with Crippen molar-refractivity contribution in [2.75, 3.05) is 39.8 Å². The minimum atomic E-state index is -4.14. The maximum atomic E-state index is 12.3. The van der Waals surface area contributed by atoms with Crippen LogP contribution >= 0.6 is 24.0 Å². The van der Waals surface area contributed by atoms with Gasteiger partial charge in [-0.1, -0.05) is 13.8 Å². The van der Waals surface area contributed by atoms with Gasteiger partial charge in [-0.3, -0.25) is 9.89 Å². The van der Waals surface area contributed by atoms with Crippen LogP contribution in [0, 0.1) is 5.41 Å². The van der Waals surface area contributed by atoms with Crippen molar-refractivity contribution < 1.29 is 13.2 Å². The van der Waals surface area contributed by atoms with E-state index < -0.39 is 12.7 Å². The van der Waals surface area contributed by atoms with Gasteiger partial charge in [0.25, 0.3) is 0 Å². The van der Waals surface area contributed by atoms with E-state index in [-0.39, 0.29) is 34.9 Å². The fraction of sp³-hybridized carbons (Fsp3) is 0.938. The fourth-order valence-electron chi connectivity index (χ4n) is 2.71. The van der Waals surface area contributed by atoms with Crippen molar-refractivity contribution in [3.8, 4) is 0 Å². The van der Waals surface area contributed by atoms with Crippen LogP contribution in [0.3, 0.4) is 0 Å². The number of guanidine groups is 1. The molecule has 0 atom stereocenters. The maximum Gasteiger partial charge on any atom is 0.401 e. The molecular weight excluding hydrogens is 432 g/mol. The molecule has 1 fully saturated rings. The van der Waals surface area contributed by atoms with E-state index in [0.717, 1.165) is 19.0 Å². The van der Waals surface area contributed by atoms with Crippen molar-refractivity contribution in [3.63, 3.8) is 0 Å². The second-order valence-corrected chi connectivity index (χ2v) is 7.47. The molecule has 0 aliphatic carbocycles. The van der Waals surface area contributed by atoms with Crippen molar-refractivity contribution in [1.29, 1.82) is 0 Å². The van der Waals surface area contributed by atoms with E-state index in [9.17, 15) is 13.2 Å². The van der Waals surface area contributed by atoms with E-state index in [4.69, 9.17) is 0 Å². The first kappa shape index (κ1) is 23.8. The second-order valence-electron chi connectivity index (χ2n) is 7.47. The highest BCUT2D eigenvalue weighted by molar-refractivity contribution is 14.0. The number of nitrogens with zero attached hydrogens (tertiary/aromatic N) is 3. The minimum absolute atomic E-state index is 0. The van der Waals surface area contributed by atoms with Crippen molar-refractivity contribution in [2.24, 2.45) is 10.4 Å². The molecule has 24 heavy (non-hydrogen) atoms. The summed E-state index contributed by atoms with van der Waals surface area (Å²) in [5, 5.41) is 3.29. The highest BCUT2D eigenvalue weighted by Gasteiger charge is 2.53. The molecule has 0 amide bonds. The van der Waals surface area contributed by atoms with Crippen molar-refractivity contribution in [1.82, 2.24) is 15.1 Å². The van der Waals surface area contributed by atoms with Gasteiger partial charge in [0, 0.05) is 30.6 Å². The smallest absolute Gasteiger partial charge is 0.356 e. The molecular formula is C16H32F3IN4. The van der Waals surface area contributed by atoms with Crippen molar-refractivity contribution in [3.05, 3.63) is 0 Å². The molecule has 0 unspecified atom stereocenters. The average molecular weight is 464 g/mol. The number of hydrogen-bond donors (Lipinski definition) is 1. The first-order valence-corrected chi connectivity index (χ1v) is 8.22. The van der Waals surface area contributed by atoms with E-state index in [1.165, 1.54) is 11.9 Å². The van der Waals surface area contributed by atoms with Gasteiger partial charge in [-0.15, -0.1) is 24.0 Å². The predicted molar refractivity (Wildman–Crippen MR) is 104 cm³/mol. The van der Waals surface area contributed by atoms with Gasteiger partial charge in [-0.2, -0.15) is 13.2 Å². The normalized spacial score (nSPS) is 19.8. The maximum absolute atomic E-state index is 12.3. The third-order valence-corrected chi connectivity index (χ3v) is 4.88. The summed E-state index contributed by atoms with van der Waals surface area (Å²) >= 11 is 0. The summed E-state index contributed by atoms with van der Waals surface area (Å²) in [6.45, 7) is 12.6. The number of rotatable bonds is 6. The molecule has 4 nitrogen and oxygen atoms in total. The molecule has 8 heteroatoms. The largest absolute Gasteiger partial charge is 0.401 e. The first-order valence-electron chi connectivity index (χ1n) is 8.22. The van der Waals surface area contributed by atoms with Crippen molar-refractivity contribution >= 4 is 29.9 Å². The molecule has 0 saturated carbocycles. The van der Waals surface area contributed by atoms with Crippen LogP contribution in [0.25, 0.3) is 0 Å². The van der Waals surface area contributed by atoms with Gasteiger partial charge < -0.3 is 10.2 Å². The number of likely N-dealkylation sites (tertiary alicyclic amines) is 1. The van der Waals surface area contributed by atoms with Crippen molar-refractivity contribution in [2.45, 2.75) is 52.8 Å². The van der Waals surface area contributed by atoms with Gasteiger partial charge in [0.15, 0.2) is 5.96 Å². The van der Waals surface area contributed by atoms with Crippen LogP contribution in [0.4, 0.5) is 13.2 Å². The molecule has 1 saturated heterocycles. The molecule has 0 radical (unpaired) electrons. The zero-order valence-electron chi connectivity index (χ0n) is 15.6. The van der Waals surface area contributed by atoms with Crippen LogP contribution in [0.5, 0.6) is 0 Å². The van der Waals surface area contributed by atoms with Crippen LogP contribution in [0.15, 0.2) is 4.99 Å². The van der Waals surface area contributed by atoms with Gasteiger partial charge in [-0.05, 0) is 40.8 Å². The SMILES string of the molecule is CCNC(=NCCCN(C)CC(F)(F)F)N1CC(C)(C)C1(C)C.I. The molecule has 0 aromatic heterocycles. The van der Waals surface area contributed by atoms with Crippen LogP contribution < -0.4 is 5.32 Å². The Morgan fingerprint density at radius 1 is 1.25 bits per heavy atom. The number of halogens is 4. The molecule has 144 valence electrons. The Balaban J connectivity index is 0.00000529. The lowest BCUT2D eigenvalue weighted by molar-refractivity contribution is -0.143. The Labute approximate surface area is 161 Å². The third kappa shape index (κ3) is 6.24. The van der Waals surface area contributed by atoms with E-state index in [1.54, 1.807) is 0 Å². The lowest BCUT2D eigenvalue weighted by atomic mass is 9.65. The zero-order chi connectivity index (χ0) is 17.9. The van der Waals surface area contributed by atoms with Gasteiger partial charge in [0.2, 0.25) is 0 Å². The standard InChI is InChI=1S/C16H31F3N4.HI/c1-7-20-13(23-11-14(2,3)15(23,4)5)21-9-8-10-22(6)12-16(17,18)19;/h7-12H2,1-6H3,(H,20,21);1H. The third-order valence-electron chi connectivity index (χ3n) is 4.88. The monoisotopic (exact) mass is 464 g/mol. The van der Waals surface area contributed by atoms with Gasteiger partial charge in [-0.25, -0.2) is 0 Å². The van der Waals surface area contributed by atoms with Crippen LogP contribution in [0.1, 0.15) is 41.0 Å². The first-order chi connectivity index (χ1) is 10.4. The summed E-state index contributed by atoms with van der Waals surface area (Å²) < 4.78 is 36.8. The number of nitrogens with one attached hydrogen (secondary N) is 1. The average Bonchev–Trinajstić information content (AvgIpc) is 2.38. The zero-order valence-corrected chi connectivity index (χ0v) is 18.0. The summed E-state index contributed by atoms with van der Waals surface area (Å²) in [5.41, 5.74) is 0.233. The highest BCUT2D eigenvalue weighted by Crippen LogP contribution is 2.46. The van der Waals surface area contributed by atoms with Crippen LogP contribution in [-0.4, -0.2) is 67.2 Å². The van der Waals surface area contributed by atoms with Gasteiger partial charge >= 0.3 is 6.18 Å². The van der Waals surface area contributed by atoms with E-state index in [1.807, 2.05) is 6.92 Å². The van der Waals surface area contributed by atoms with Gasteiger partial charge in [0.05, 0.1) is 6.54 Å². The summed E-state index contributed by atoms with van der Waals surface area (Å²) in [6, 6.07) is 0. The lowest BCUT2D eigenvalue weighted by Crippen LogP contribution is -2.72. The molecule has 1 heterocycles. The molecule has 0 bridgehead atoms. The molecule has 0 aromatic rings. The summed E-state index contributed by atoms with van der Waals surface area (Å²) in [5.74, 6) is 0.857. The Bertz CT molecular complexity index is 422. The molecule has 0 spiro atoms. The van der Waals surface area contributed by atoms with Gasteiger partial charge in [0.1, 0.15) is 0 Å². The Hall–Kier alpha value is -0.250. The molecule has 1 N–H and O–H groups in total. The minimum Gasteiger partial charge on any atom is -0.356 e. The topological polar surface area (TPSA) is 30.9 Å². The number of aliphatic imine (C=N–C) groups is 1. The van der Waals surface area contributed by atoms with E-state index in [0.29, 0.717) is 19.5 Å². The molecule has 1 aliphatic heterocycles. The molecule has 0 aromatic carbocycles. The van der Waals surface area contributed by atoms with E-state index >= 15 is 0 Å². The van der Waals surface area contributed by atoms with E-state index in [2.05, 4.69) is 42.9 Å². The Morgan fingerprint density at radius 3 is 2.25 bits per heavy atom. The summed E-state index contributed by atoms with van der Waals surface area (Å²) in [7, 11) is 1.49. The lowest BCUT2D eigenvalue weighted by Gasteiger charge is -2.62. The summed E-state index contributed by atoms with van der Waals surface area (Å²) in [6.07, 6.45) is -3.53. The fourth-order valence-corrected chi connectivity index (χ4v) is 2.71. The summed E-state index contributed by atoms with van der Waals surface area (Å²) in [4.78, 5) is 8.13. The predicted octanol–water partition coefficient (Wildman–Crippen LogP) is 3.57. The Morgan fingerprint density at radius 2 is 1.83 bits per heavy atom. The molecule has 1 rings (SSSR count).